The number of aliphatic hydroxyl groups excluding tert-OH is 1. The van der Waals surface area contributed by atoms with Crippen molar-refractivity contribution in [2.45, 2.75) is 70.5 Å². The first-order valence-electron chi connectivity index (χ1n) is 7.08. The lowest BCUT2D eigenvalue weighted by molar-refractivity contribution is 0.0976. The van der Waals surface area contributed by atoms with Crippen molar-refractivity contribution in [2.24, 2.45) is 0 Å². The highest BCUT2D eigenvalue weighted by Crippen LogP contribution is 2.23. The van der Waals surface area contributed by atoms with E-state index in [9.17, 15) is 5.11 Å². The molecule has 0 bridgehead atoms. The lowest BCUT2D eigenvalue weighted by atomic mass is 9.93. The second-order valence-electron chi connectivity index (χ2n) is 5.96. The quantitative estimate of drug-likeness (QED) is 0.774. The Balaban J connectivity index is 2.57. The highest BCUT2D eigenvalue weighted by atomic mass is 16.3. The minimum atomic E-state index is -0.147. The van der Waals surface area contributed by atoms with Crippen LogP contribution in [0.25, 0.3) is 0 Å². The molecule has 0 aliphatic carbocycles. The number of likely N-dealkylation sites (tertiary alicyclic amines) is 1. The third-order valence-electron chi connectivity index (χ3n) is 4.37. The van der Waals surface area contributed by atoms with Gasteiger partial charge in [-0.2, -0.15) is 0 Å². The summed E-state index contributed by atoms with van der Waals surface area (Å²) in [5, 5.41) is 12.7. The predicted molar refractivity (Wildman–Crippen MR) is 73.3 cm³/mol. The summed E-state index contributed by atoms with van der Waals surface area (Å²) in [6, 6.07) is 1.22. The fourth-order valence-electron chi connectivity index (χ4n) is 2.97. The van der Waals surface area contributed by atoms with E-state index in [0.29, 0.717) is 12.1 Å². The van der Waals surface area contributed by atoms with E-state index in [1.807, 2.05) is 7.05 Å². The van der Waals surface area contributed by atoms with Crippen LogP contribution in [0.1, 0.15) is 52.9 Å². The molecule has 3 unspecified atom stereocenters. The molecule has 3 nitrogen and oxygen atoms in total. The van der Waals surface area contributed by atoms with Gasteiger partial charge in [0, 0.05) is 17.6 Å². The van der Waals surface area contributed by atoms with Gasteiger partial charge < -0.3 is 10.4 Å². The SMILES string of the molecule is CNC(C)(CO)CC(C)N1CCCCCC1C. The van der Waals surface area contributed by atoms with Gasteiger partial charge in [-0.3, -0.25) is 4.90 Å². The van der Waals surface area contributed by atoms with E-state index in [-0.39, 0.29) is 12.1 Å². The fourth-order valence-corrected chi connectivity index (χ4v) is 2.97. The number of aliphatic hydroxyl groups is 1. The Labute approximate surface area is 107 Å². The second kappa shape index (κ2) is 6.72. The van der Waals surface area contributed by atoms with E-state index in [2.05, 4.69) is 31.0 Å². The number of nitrogens with zero attached hydrogens (tertiary/aromatic N) is 1. The molecular weight excluding hydrogens is 212 g/mol. The van der Waals surface area contributed by atoms with Gasteiger partial charge in [-0.1, -0.05) is 12.8 Å². The molecule has 0 amide bonds. The number of likely N-dealkylation sites (N-methyl/N-ethyl adjacent to an activating group) is 1. The molecule has 1 rings (SSSR count). The minimum Gasteiger partial charge on any atom is -0.394 e. The number of nitrogens with one attached hydrogen (secondary N) is 1. The topological polar surface area (TPSA) is 35.5 Å². The number of hydrogen-bond acceptors (Lipinski definition) is 3. The molecule has 0 saturated carbocycles. The van der Waals surface area contributed by atoms with Gasteiger partial charge in [-0.25, -0.2) is 0 Å². The van der Waals surface area contributed by atoms with E-state index < -0.39 is 0 Å². The molecule has 17 heavy (non-hydrogen) atoms. The van der Waals surface area contributed by atoms with Gasteiger partial charge in [0.25, 0.3) is 0 Å². The van der Waals surface area contributed by atoms with Gasteiger partial charge >= 0.3 is 0 Å². The van der Waals surface area contributed by atoms with E-state index in [1.54, 1.807) is 0 Å². The van der Waals surface area contributed by atoms with Crippen LogP contribution < -0.4 is 5.32 Å². The van der Waals surface area contributed by atoms with Gasteiger partial charge in [0.1, 0.15) is 0 Å². The smallest absolute Gasteiger partial charge is 0.0611 e. The van der Waals surface area contributed by atoms with Crippen LogP contribution in [0.15, 0.2) is 0 Å². The molecule has 1 aliphatic heterocycles. The van der Waals surface area contributed by atoms with Crippen molar-refractivity contribution >= 4 is 0 Å². The Morgan fingerprint density at radius 1 is 1.41 bits per heavy atom. The highest BCUT2D eigenvalue weighted by molar-refractivity contribution is 4.87. The third-order valence-corrected chi connectivity index (χ3v) is 4.37. The van der Waals surface area contributed by atoms with Crippen LogP contribution >= 0.6 is 0 Å². The molecule has 1 saturated heterocycles. The molecule has 3 heteroatoms. The summed E-state index contributed by atoms with van der Waals surface area (Å²) in [5.41, 5.74) is -0.147. The van der Waals surface area contributed by atoms with Crippen LogP contribution in [0.5, 0.6) is 0 Å². The number of rotatable bonds is 5. The Hall–Kier alpha value is -0.120. The van der Waals surface area contributed by atoms with Crippen LogP contribution in [0.3, 0.4) is 0 Å². The van der Waals surface area contributed by atoms with Crippen molar-refractivity contribution in [1.29, 1.82) is 0 Å². The maximum Gasteiger partial charge on any atom is 0.0611 e. The van der Waals surface area contributed by atoms with Crippen molar-refractivity contribution in [2.75, 3.05) is 20.2 Å². The molecule has 0 aromatic rings. The molecule has 1 fully saturated rings. The van der Waals surface area contributed by atoms with E-state index in [4.69, 9.17) is 0 Å². The Bertz CT molecular complexity index is 216. The molecule has 0 aromatic heterocycles. The Morgan fingerprint density at radius 3 is 2.71 bits per heavy atom. The molecule has 0 radical (unpaired) electrons. The normalized spacial score (nSPS) is 28.4. The molecule has 3 atom stereocenters. The van der Waals surface area contributed by atoms with Gasteiger partial charge in [0.2, 0.25) is 0 Å². The summed E-state index contributed by atoms with van der Waals surface area (Å²) in [6.45, 7) is 8.17. The zero-order valence-corrected chi connectivity index (χ0v) is 12.0. The summed E-state index contributed by atoms with van der Waals surface area (Å²) in [5.74, 6) is 0. The van der Waals surface area contributed by atoms with Crippen LogP contribution in [0.2, 0.25) is 0 Å². The number of hydrogen-bond donors (Lipinski definition) is 2. The zero-order chi connectivity index (χ0) is 12.9. The van der Waals surface area contributed by atoms with Crippen LogP contribution in [-0.2, 0) is 0 Å². The summed E-state index contributed by atoms with van der Waals surface area (Å²) in [7, 11) is 1.94. The molecule has 0 spiro atoms. The van der Waals surface area contributed by atoms with Crippen molar-refractivity contribution in [3.05, 3.63) is 0 Å². The second-order valence-corrected chi connectivity index (χ2v) is 5.96. The summed E-state index contributed by atoms with van der Waals surface area (Å²) >= 11 is 0. The maximum absolute atomic E-state index is 9.47. The van der Waals surface area contributed by atoms with Crippen LogP contribution in [0.4, 0.5) is 0 Å². The molecule has 102 valence electrons. The Morgan fingerprint density at radius 2 is 2.12 bits per heavy atom. The zero-order valence-electron chi connectivity index (χ0n) is 12.0. The van der Waals surface area contributed by atoms with Gasteiger partial charge in [-0.15, -0.1) is 0 Å². The minimum absolute atomic E-state index is 0.147. The Kier molecular flexibility index (Phi) is 5.90. The van der Waals surface area contributed by atoms with Crippen molar-refractivity contribution in [3.63, 3.8) is 0 Å². The van der Waals surface area contributed by atoms with Crippen LogP contribution in [0, 0.1) is 0 Å². The predicted octanol–water partition coefficient (Wildman–Crippen LogP) is 2.00. The van der Waals surface area contributed by atoms with Gasteiger partial charge in [0.05, 0.1) is 6.61 Å². The summed E-state index contributed by atoms with van der Waals surface area (Å²) in [4.78, 5) is 2.62. The molecular formula is C14H30N2O. The monoisotopic (exact) mass is 242 g/mol. The molecule has 2 N–H and O–H groups in total. The fraction of sp³-hybridized carbons (Fsp3) is 1.00. The van der Waals surface area contributed by atoms with Crippen molar-refractivity contribution in [3.8, 4) is 0 Å². The first kappa shape index (κ1) is 14.9. The molecule has 1 aliphatic rings. The highest BCUT2D eigenvalue weighted by Gasteiger charge is 2.29. The van der Waals surface area contributed by atoms with E-state index in [1.165, 1.54) is 32.2 Å². The molecule has 1 heterocycles. The van der Waals surface area contributed by atoms with Crippen molar-refractivity contribution in [1.82, 2.24) is 10.2 Å². The average molecular weight is 242 g/mol. The molecule has 0 aromatic carbocycles. The average Bonchev–Trinajstić information content (AvgIpc) is 2.53. The van der Waals surface area contributed by atoms with Gasteiger partial charge in [0.15, 0.2) is 0 Å². The maximum atomic E-state index is 9.47. The van der Waals surface area contributed by atoms with Crippen molar-refractivity contribution < 1.29 is 5.11 Å². The lowest BCUT2D eigenvalue weighted by Gasteiger charge is -2.38. The summed E-state index contributed by atoms with van der Waals surface area (Å²) in [6.07, 6.45) is 6.39. The standard InChI is InChI=1S/C14H30N2O/c1-12-8-6-5-7-9-16(12)13(2)10-14(3,11-17)15-4/h12-13,15,17H,5-11H2,1-4H3. The van der Waals surface area contributed by atoms with E-state index >= 15 is 0 Å². The summed E-state index contributed by atoms with van der Waals surface area (Å²) < 4.78 is 0. The van der Waals surface area contributed by atoms with Gasteiger partial charge in [-0.05, 0) is 53.6 Å². The van der Waals surface area contributed by atoms with Crippen LogP contribution in [-0.4, -0.2) is 47.8 Å². The van der Waals surface area contributed by atoms with E-state index in [0.717, 1.165) is 6.42 Å². The first-order valence-corrected chi connectivity index (χ1v) is 7.08. The third kappa shape index (κ3) is 4.23. The first-order chi connectivity index (χ1) is 8.02. The largest absolute Gasteiger partial charge is 0.394 e. The lowest BCUT2D eigenvalue weighted by Crippen LogP contribution is -2.50.